The van der Waals surface area contributed by atoms with Gasteiger partial charge in [0.2, 0.25) is 0 Å². The van der Waals surface area contributed by atoms with Crippen molar-refractivity contribution in [3.8, 4) is 11.5 Å². The summed E-state index contributed by atoms with van der Waals surface area (Å²) >= 11 is 6.27. The molecular weight excluding hydrogens is 286 g/mol. The lowest BCUT2D eigenvalue weighted by Crippen LogP contribution is -2.14. The Labute approximate surface area is 130 Å². The first-order valence-electron chi connectivity index (χ1n) is 7.10. The number of hydrogen-bond acceptors (Lipinski definition) is 3. The summed E-state index contributed by atoms with van der Waals surface area (Å²) in [7, 11) is 0. The Morgan fingerprint density at radius 2 is 1.90 bits per heavy atom. The van der Waals surface area contributed by atoms with E-state index >= 15 is 0 Å². The SMILES string of the molecule is CCCNCc1c(Cl)cccc1Oc1ccc(CO)cc1. The van der Waals surface area contributed by atoms with Gasteiger partial charge in [0.25, 0.3) is 0 Å². The third kappa shape index (κ3) is 4.46. The number of rotatable bonds is 7. The molecule has 3 nitrogen and oxygen atoms in total. The van der Waals surface area contributed by atoms with Crippen LogP contribution >= 0.6 is 11.6 Å². The van der Waals surface area contributed by atoms with Crippen LogP contribution in [0.25, 0.3) is 0 Å². The quantitative estimate of drug-likeness (QED) is 0.756. The monoisotopic (exact) mass is 305 g/mol. The van der Waals surface area contributed by atoms with Gasteiger partial charge in [-0.3, -0.25) is 0 Å². The van der Waals surface area contributed by atoms with Gasteiger partial charge in [-0.25, -0.2) is 0 Å². The Bertz CT molecular complexity index is 570. The molecule has 0 aliphatic rings. The van der Waals surface area contributed by atoms with E-state index in [9.17, 15) is 0 Å². The minimum Gasteiger partial charge on any atom is -0.457 e. The van der Waals surface area contributed by atoms with Crippen LogP contribution in [-0.4, -0.2) is 11.7 Å². The summed E-state index contributed by atoms with van der Waals surface area (Å²) in [6.45, 7) is 3.77. The van der Waals surface area contributed by atoms with E-state index in [0.717, 1.165) is 35.6 Å². The summed E-state index contributed by atoms with van der Waals surface area (Å²) in [5, 5.41) is 13.1. The van der Waals surface area contributed by atoms with E-state index in [1.807, 2.05) is 42.5 Å². The number of aliphatic hydroxyl groups excluding tert-OH is 1. The molecule has 2 rings (SSSR count). The molecule has 0 aromatic heterocycles. The summed E-state index contributed by atoms with van der Waals surface area (Å²) in [4.78, 5) is 0. The highest BCUT2D eigenvalue weighted by atomic mass is 35.5. The van der Waals surface area contributed by atoms with Crippen LogP contribution in [0.3, 0.4) is 0 Å². The molecule has 21 heavy (non-hydrogen) atoms. The molecule has 0 atom stereocenters. The fraction of sp³-hybridized carbons (Fsp3) is 0.294. The number of nitrogens with one attached hydrogen (secondary N) is 1. The van der Waals surface area contributed by atoms with Crippen molar-refractivity contribution in [3.05, 3.63) is 58.6 Å². The van der Waals surface area contributed by atoms with Crippen molar-refractivity contribution in [2.45, 2.75) is 26.5 Å². The standard InChI is InChI=1S/C17H20ClNO2/c1-2-10-19-11-15-16(18)4-3-5-17(15)21-14-8-6-13(12-20)7-9-14/h3-9,19-20H,2,10-12H2,1H3. The molecule has 0 spiro atoms. The van der Waals surface area contributed by atoms with E-state index in [0.29, 0.717) is 11.6 Å². The second kappa shape index (κ2) is 8.03. The Kier molecular flexibility index (Phi) is 6.05. The predicted octanol–water partition coefficient (Wildman–Crippen LogP) is 4.12. The van der Waals surface area contributed by atoms with Gasteiger partial charge in [-0.1, -0.05) is 36.7 Å². The van der Waals surface area contributed by atoms with E-state index in [-0.39, 0.29) is 6.61 Å². The first-order chi connectivity index (χ1) is 10.2. The summed E-state index contributed by atoms with van der Waals surface area (Å²) < 4.78 is 5.91. The van der Waals surface area contributed by atoms with Gasteiger partial charge < -0.3 is 15.2 Å². The van der Waals surface area contributed by atoms with Crippen LogP contribution in [0.15, 0.2) is 42.5 Å². The minimum atomic E-state index is 0.0314. The smallest absolute Gasteiger partial charge is 0.133 e. The molecule has 0 amide bonds. The zero-order chi connectivity index (χ0) is 15.1. The Morgan fingerprint density at radius 3 is 2.57 bits per heavy atom. The van der Waals surface area contributed by atoms with Crippen molar-refractivity contribution >= 4 is 11.6 Å². The van der Waals surface area contributed by atoms with E-state index in [4.69, 9.17) is 21.4 Å². The number of ether oxygens (including phenoxy) is 1. The van der Waals surface area contributed by atoms with E-state index in [1.54, 1.807) is 0 Å². The average molecular weight is 306 g/mol. The summed E-state index contributed by atoms with van der Waals surface area (Å²) in [5.41, 5.74) is 1.82. The highest BCUT2D eigenvalue weighted by Crippen LogP contribution is 2.30. The fourth-order valence-electron chi connectivity index (χ4n) is 1.99. The normalized spacial score (nSPS) is 10.6. The molecule has 112 valence electrons. The molecule has 0 radical (unpaired) electrons. The van der Waals surface area contributed by atoms with Crippen molar-refractivity contribution in [3.63, 3.8) is 0 Å². The highest BCUT2D eigenvalue weighted by Gasteiger charge is 2.09. The van der Waals surface area contributed by atoms with Gasteiger partial charge in [0.15, 0.2) is 0 Å². The first-order valence-corrected chi connectivity index (χ1v) is 7.48. The lowest BCUT2D eigenvalue weighted by Gasteiger charge is -2.13. The minimum absolute atomic E-state index is 0.0314. The largest absolute Gasteiger partial charge is 0.457 e. The van der Waals surface area contributed by atoms with Crippen molar-refractivity contribution in [2.24, 2.45) is 0 Å². The Morgan fingerprint density at radius 1 is 1.14 bits per heavy atom. The highest BCUT2D eigenvalue weighted by molar-refractivity contribution is 6.31. The zero-order valence-corrected chi connectivity index (χ0v) is 12.9. The van der Waals surface area contributed by atoms with Crippen LogP contribution in [0.5, 0.6) is 11.5 Å². The van der Waals surface area contributed by atoms with Crippen molar-refractivity contribution < 1.29 is 9.84 Å². The van der Waals surface area contributed by atoms with Gasteiger partial charge in [0.1, 0.15) is 11.5 Å². The molecule has 0 aliphatic heterocycles. The fourth-order valence-corrected chi connectivity index (χ4v) is 2.22. The molecule has 0 bridgehead atoms. The molecule has 0 saturated heterocycles. The van der Waals surface area contributed by atoms with Crippen LogP contribution in [0, 0.1) is 0 Å². The Hall–Kier alpha value is -1.55. The lowest BCUT2D eigenvalue weighted by atomic mass is 10.2. The van der Waals surface area contributed by atoms with Gasteiger partial charge >= 0.3 is 0 Å². The molecule has 0 fully saturated rings. The molecule has 2 aromatic carbocycles. The number of aliphatic hydroxyl groups is 1. The predicted molar refractivity (Wildman–Crippen MR) is 85.9 cm³/mol. The van der Waals surface area contributed by atoms with E-state index in [1.165, 1.54) is 0 Å². The van der Waals surface area contributed by atoms with Gasteiger partial charge in [-0.2, -0.15) is 0 Å². The zero-order valence-electron chi connectivity index (χ0n) is 12.1. The second-order valence-corrected chi connectivity index (χ2v) is 5.20. The molecule has 2 N–H and O–H groups in total. The average Bonchev–Trinajstić information content (AvgIpc) is 2.51. The second-order valence-electron chi connectivity index (χ2n) is 4.80. The maximum Gasteiger partial charge on any atom is 0.133 e. The van der Waals surface area contributed by atoms with Crippen LogP contribution in [0.4, 0.5) is 0 Å². The number of halogens is 1. The third-order valence-corrected chi connectivity index (χ3v) is 3.49. The van der Waals surface area contributed by atoms with Crippen molar-refractivity contribution in [2.75, 3.05) is 6.54 Å². The first kappa shape index (κ1) is 15.8. The molecule has 0 aliphatic carbocycles. The topological polar surface area (TPSA) is 41.5 Å². The Balaban J connectivity index is 2.15. The van der Waals surface area contributed by atoms with Crippen LogP contribution in [-0.2, 0) is 13.2 Å². The van der Waals surface area contributed by atoms with Gasteiger partial charge in [-0.05, 0) is 42.8 Å². The summed E-state index contributed by atoms with van der Waals surface area (Å²) in [5.74, 6) is 1.48. The molecule has 0 saturated carbocycles. The summed E-state index contributed by atoms with van der Waals surface area (Å²) in [6.07, 6.45) is 1.07. The van der Waals surface area contributed by atoms with E-state index in [2.05, 4.69) is 12.2 Å². The lowest BCUT2D eigenvalue weighted by molar-refractivity contribution is 0.281. The maximum atomic E-state index is 9.05. The van der Waals surface area contributed by atoms with Gasteiger partial charge in [0.05, 0.1) is 6.61 Å². The molecule has 0 heterocycles. The summed E-state index contributed by atoms with van der Waals surface area (Å²) in [6, 6.07) is 13.0. The van der Waals surface area contributed by atoms with Crippen molar-refractivity contribution in [1.29, 1.82) is 0 Å². The van der Waals surface area contributed by atoms with Crippen LogP contribution < -0.4 is 10.1 Å². The molecule has 0 unspecified atom stereocenters. The van der Waals surface area contributed by atoms with Crippen LogP contribution in [0.1, 0.15) is 24.5 Å². The molecule has 2 aromatic rings. The maximum absolute atomic E-state index is 9.05. The van der Waals surface area contributed by atoms with Crippen molar-refractivity contribution in [1.82, 2.24) is 5.32 Å². The number of hydrogen-bond donors (Lipinski definition) is 2. The van der Waals surface area contributed by atoms with Crippen LogP contribution in [0.2, 0.25) is 5.02 Å². The van der Waals surface area contributed by atoms with Gasteiger partial charge in [-0.15, -0.1) is 0 Å². The van der Waals surface area contributed by atoms with E-state index < -0.39 is 0 Å². The van der Waals surface area contributed by atoms with Gasteiger partial charge in [0, 0.05) is 17.1 Å². The number of benzene rings is 2. The third-order valence-electron chi connectivity index (χ3n) is 3.14. The molecule has 4 heteroatoms. The molecular formula is C17H20ClNO2.